The second kappa shape index (κ2) is 5.39. The van der Waals surface area contributed by atoms with Gasteiger partial charge in [-0.05, 0) is 12.8 Å². The molecule has 2 rings (SSSR count). The third-order valence-corrected chi connectivity index (χ3v) is 4.56. The first-order chi connectivity index (χ1) is 8.19. The van der Waals surface area contributed by atoms with Gasteiger partial charge in [0.25, 0.3) is 0 Å². The number of aromatic nitrogens is 3. The molecule has 1 aliphatic rings. The molecule has 94 valence electrons. The standard InChI is InChI=1S/C10H16N4O2S/c1-16-10-13-8(12-9(11)14-10)6-17(15)7-4-2-3-5-7/h7H,2-6H2,1H3,(H2,11,12,13,14). The van der Waals surface area contributed by atoms with Crippen LogP contribution in [0, 0.1) is 0 Å². The van der Waals surface area contributed by atoms with E-state index in [1.165, 1.54) is 20.0 Å². The van der Waals surface area contributed by atoms with Gasteiger partial charge in [-0.3, -0.25) is 4.21 Å². The van der Waals surface area contributed by atoms with Crippen LogP contribution in [-0.4, -0.2) is 31.5 Å². The molecule has 0 aliphatic heterocycles. The van der Waals surface area contributed by atoms with Crippen LogP contribution in [0.1, 0.15) is 31.5 Å². The summed E-state index contributed by atoms with van der Waals surface area (Å²) in [5, 5.41) is 0.277. The van der Waals surface area contributed by atoms with Crippen LogP contribution in [0.25, 0.3) is 0 Å². The Hall–Kier alpha value is -1.24. The van der Waals surface area contributed by atoms with E-state index in [0.29, 0.717) is 11.6 Å². The van der Waals surface area contributed by atoms with Gasteiger partial charge in [0.1, 0.15) is 0 Å². The molecule has 0 spiro atoms. The molecule has 0 amide bonds. The first-order valence-electron chi connectivity index (χ1n) is 5.60. The van der Waals surface area contributed by atoms with E-state index in [0.717, 1.165) is 12.8 Å². The number of hydrogen-bond donors (Lipinski definition) is 1. The molecule has 2 N–H and O–H groups in total. The van der Waals surface area contributed by atoms with E-state index in [4.69, 9.17) is 10.5 Å². The minimum absolute atomic E-state index is 0.107. The predicted octanol–water partition coefficient (Wildman–Crippen LogP) is 0.654. The fourth-order valence-electron chi connectivity index (χ4n) is 1.97. The molecule has 1 saturated carbocycles. The molecule has 0 saturated heterocycles. The maximum absolute atomic E-state index is 12.1. The van der Waals surface area contributed by atoms with Crippen molar-refractivity contribution < 1.29 is 8.95 Å². The van der Waals surface area contributed by atoms with Crippen molar-refractivity contribution in [1.29, 1.82) is 0 Å². The fourth-order valence-corrected chi connectivity index (χ4v) is 3.45. The number of rotatable bonds is 4. The van der Waals surface area contributed by atoms with Crippen LogP contribution in [0.3, 0.4) is 0 Å². The summed E-state index contributed by atoms with van der Waals surface area (Å²) >= 11 is 0. The SMILES string of the molecule is COc1nc(N)nc(CS(=O)C2CCCC2)n1. The lowest BCUT2D eigenvalue weighted by Crippen LogP contribution is -2.15. The van der Waals surface area contributed by atoms with Gasteiger partial charge in [0.05, 0.1) is 12.9 Å². The molecular formula is C10H16N4O2S. The molecule has 1 unspecified atom stereocenters. The van der Waals surface area contributed by atoms with Crippen LogP contribution in [0.15, 0.2) is 0 Å². The van der Waals surface area contributed by atoms with Gasteiger partial charge in [-0.25, -0.2) is 0 Å². The van der Waals surface area contributed by atoms with Gasteiger partial charge in [0, 0.05) is 16.0 Å². The Morgan fingerprint density at radius 2 is 2.06 bits per heavy atom. The summed E-state index contributed by atoms with van der Waals surface area (Å²) in [5.74, 6) is 0.878. The highest BCUT2D eigenvalue weighted by Crippen LogP contribution is 2.24. The number of nitrogen functional groups attached to an aromatic ring is 1. The smallest absolute Gasteiger partial charge is 0.321 e. The largest absolute Gasteiger partial charge is 0.467 e. The number of nitrogens with zero attached hydrogens (tertiary/aromatic N) is 3. The molecule has 1 aromatic rings. The summed E-state index contributed by atoms with van der Waals surface area (Å²) in [5.41, 5.74) is 5.52. The van der Waals surface area contributed by atoms with Crippen LogP contribution >= 0.6 is 0 Å². The van der Waals surface area contributed by atoms with Gasteiger partial charge in [-0.1, -0.05) is 12.8 Å². The van der Waals surface area contributed by atoms with E-state index in [1.54, 1.807) is 0 Å². The van der Waals surface area contributed by atoms with Gasteiger partial charge in [-0.2, -0.15) is 15.0 Å². The fraction of sp³-hybridized carbons (Fsp3) is 0.700. The Labute approximate surface area is 102 Å². The number of nitrogens with two attached hydrogens (primary N) is 1. The lowest BCUT2D eigenvalue weighted by molar-refractivity contribution is 0.377. The van der Waals surface area contributed by atoms with Gasteiger partial charge >= 0.3 is 6.01 Å². The van der Waals surface area contributed by atoms with E-state index < -0.39 is 10.8 Å². The zero-order valence-electron chi connectivity index (χ0n) is 9.76. The maximum atomic E-state index is 12.1. The summed E-state index contributed by atoms with van der Waals surface area (Å²) < 4.78 is 17.0. The Morgan fingerprint density at radius 1 is 1.35 bits per heavy atom. The number of methoxy groups -OCH3 is 1. The average molecular weight is 256 g/mol. The molecule has 0 radical (unpaired) electrons. The highest BCUT2D eigenvalue weighted by Gasteiger charge is 2.22. The molecule has 1 aromatic heterocycles. The van der Waals surface area contributed by atoms with E-state index in [1.807, 2.05) is 0 Å². The number of hydrogen-bond acceptors (Lipinski definition) is 6. The third-order valence-electron chi connectivity index (χ3n) is 2.81. The molecule has 1 aliphatic carbocycles. The quantitative estimate of drug-likeness (QED) is 0.850. The summed E-state index contributed by atoms with van der Waals surface area (Å²) in [4.78, 5) is 11.8. The zero-order valence-corrected chi connectivity index (χ0v) is 10.6. The Morgan fingerprint density at radius 3 is 2.71 bits per heavy atom. The number of ether oxygens (including phenoxy) is 1. The summed E-state index contributed by atoms with van der Waals surface area (Å²) in [7, 11) is 0.536. The van der Waals surface area contributed by atoms with Crippen LogP contribution in [0.4, 0.5) is 5.95 Å². The molecule has 7 heteroatoms. The van der Waals surface area contributed by atoms with Crippen molar-refractivity contribution in [2.45, 2.75) is 36.7 Å². The van der Waals surface area contributed by atoms with Crippen molar-refractivity contribution in [3.63, 3.8) is 0 Å². The third kappa shape index (κ3) is 3.12. The van der Waals surface area contributed by atoms with Gasteiger partial charge in [0.2, 0.25) is 5.95 Å². The Bertz CT molecular complexity index is 421. The van der Waals surface area contributed by atoms with Crippen molar-refractivity contribution >= 4 is 16.7 Å². The first kappa shape index (κ1) is 12.2. The molecule has 0 bridgehead atoms. The second-order valence-electron chi connectivity index (χ2n) is 4.03. The molecule has 0 aromatic carbocycles. The zero-order chi connectivity index (χ0) is 12.3. The first-order valence-corrected chi connectivity index (χ1v) is 6.99. The topological polar surface area (TPSA) is 91.0 Å². The predicted molar refractivity (Wildman–Crippen MR) is 64.9 cm³/mol. The Balaban J connectivity index is 2.06. The van der Waals surface area contributed by atoms with Crippen molar-refractivity contribution in [1.82, 2.24) is 15.0 Å². The minimum Gasteiger partial charge on any atom is -0.467 e. The van der Waals surface area contributed by atoms with E-state index >= 15 is 0 Å². The maximum Gasteiger partial charge on any atom is 0.321 e. The van der Waals surface area contributed by atoms with Crippen molar-refractivity contribution in [3.05, 3.63) is 5.82 Å². The normalized spacial score (nSPS) is 18.2. The van der Waals surface area contributed by atoms with Crippen molar-refractivity contribution in [3.8, 4) is 6.01 Å². The molecule has 17 heavy (non-hydrogen) atoms. The summed E-state index contributed by atoms with van der Waals surface area (Å²) in [6.07, 6.45) is 4.40. The van der Waals surface area contributed by atoms with Crippen LogP contribution in [0.2, 0.25) is 0 Å². The summed E-state index contributed by atoms with van der Waals surface area (Å²) in [6.45, 7) is 0. The molecule has 1 heterocycles. The second-order valence-corrected chi connectivity index (χ2v) is 5.74. The molecule has 6 nitrogen and oxygen atoms in total. The lowest BCUT2D eigenvalue weighted by atomic mass is 10.4. The average Bonchev–Trinajstić information content (AvgIpc) is 2.81. The Kier molecular flexibility index (Phi) is 3.88. The van der Waals surface area contributed by atoms with Gasteiger partial charge < -0.3 is 10.5 Å². The number of anilines is 1. The monoisotopic (exact) mass is 256 g/mol. The van der Waals surface area contributed by atoms with Crippen LogP contribution in [-0.2, 0) is 16.6 Å². The molecular weight excluding hydrogens is 240 g/mol. The van der Waals surface area contributed by atoms with Gasteiger partial charge in [-0.15, -0.1) is 0 Å². The van der Waals surface area contributed by atoms with E-state index in [2.05, 4.69) is 15.0 Å². The van der Waals surface area contributed by atoms with Crippen molar-refractivity contribution in [2.24, 2.45) is 0 Å². The summed E-state index contributed by atoms with van der Waals surface area (Å²) in [6, 6.07) is 0.177. The van der Waals surface area contributed by atoms with E-state index in [-0.39, 0.29) is 17.2 Å². The van der Waals surface area contributed by atoms with Crippen LogP contribution < -0.4 is 10.5 Å². The van der Waals surface area contributed by atoms with E-state index in [9.17, 15) is 4.21 Å². The molecule has 1 atom stereocenters. The van der Waals surface area contributed by atoms with Crippen LogP contribution in [0.5, 0.6) is 6.01 Å². The highest BCUT2D eigenvalue weighted by atomic mass is 32.2. The molecule has 1 fully saturated rings. The van der Waals surface area contributed by atoms with Gasteiger partial charge in [0.15, 0.2) is 5.82 Å². The lowest BCUT2D eigenvalue weighted by Gasteiger charge is -2.08. The minimum atomic E-state index is -0.929. The highest BCUT2D eigenvalue weighted by molar-refractivity contribution is 7.84. The van der Waals surface area contributed by atoms with Crippen molar-refractivity contribution in [2.75, 3.05) is 12.8 Å².